The maximum atomic E-state index is 11.7. The van der Waals surface area contributed by atoms with E-state index in [2.05, 4.69) is 15.6 Å². The van der Waals surface area contributed by atoms with Crippen LogP contribution < -0.4 is 16.4 Å². The lowest BCUT2D eigenvalue weighted by molar-refractivity contribution is -0.00605. The molecule has 1 amide bonds. The van der Waals surface area contributed by atoms with E-state index in [1.165, 1.54) is 0 Å². The Labute approximate surface area is 109 Å². The molecule has 1 aromatic rings. The van der Waals surface area contributed by atoms with E-state index in [0.717, 1.165) is 6.42 Å². The smallest absolute Gasteiger partial charge is 0.276 e. The van der Waals surface area contributed by atoms with E-state index in [4.69, 9.17) is 5.73 Å². The number of anilines is 1. The molecule has 8 nitrogen and oxygen atoms in total. The van der Waals surface area contributed by atoms with Crippen molar-refractivity contribution in [1.82, 2.24) is 14.9 Å². The predicted molar refractivity (Wildman–Crippen MR) is 66.1 cm³/mol. The summed E-state index contributed by atoms with van der Waals surface area (Å²) in [5.41, 5.74) is 5.99. The van der Waals surface area contributed by atoms with Crippen LogP contribution in [0.15, 0.2) is 6.33 Å². The number of aliphatic hydroxyl groups excluding tert-OH is 2. The molecule has 1 aromatic heterocycles. The topological polar surface area (TPSA) is 125 Å². The van der Waals surface area contributed by atoms with Gasteiger partial charge in [0, 0.05) is 25.2 Å². The second-order valence-electron chi connectivity index (χ2n) is 5.04. The zero-order chi connectivity index (χ0) is 13.6. The molecule has 0 bridgehead atoms. The second kappa shape index (κ2) is 4.48. The van der Waals surface area contributed by atoms with Crippen molar-refractivity contribution >= 4 is 11.7 Å². The highest BCUT2D eigenvalue weighted by atomic mass is 16.3. The Hall–Kier alpha value is -1.64. The van der Waals surface area contributed by atoms with Crippen molar-refractivity contribution in [3.05, 3.63) is 12.0 Å². The van der Waals surface area contributed by atoms with Crippen LogP contribution >= 0.6 is 0 Å². The summed E-state index contributed by atoms with van der Waals surface area (Å²) >= 11 is 0. The number of imidazole rings is 1. The second-order valence-corrected chi connectivity index (χ2v) is 5.04. The molecule has 8 heteroatoms. The fraction of sp³-hybridized carbons (Fsp3) is 0.636. The number of amides is 1. The van der Waals surface area contributed by atoms with Gasteiger partial charge in [-0.2, -0.15) is 0 Å². The lowest BCUT2D eigenvalue weighted by Gasteiger charge is -2.44. The molecule has 1 aliphatic heterocycles. The summed E-state index contributed by atoms with van der Waals surface area (Å²) in [7, 11) is 0. The molecule has 19 heavy (non-hydrogen) atoms. The van der Waals surface area contributed by atoms with Crippen molar-refractivity contribution in [3.8, 4) is 0 Å². The molecular formula is C11H17N5O3. The first-order valence-electron chi connectivity index (χ1n) is 6.27. The van der Waals surface area contributed by atoms with Gasteiger partial charge in [0.2, 0.25) is 0 Å². The first-order valence-corrected chi connectivity index (χ1v) is 6.27. The van der Waals surface area contributed by atoms with Crippen molar-refractivity contribution in [2.45, 2.75) is 18.8 Å². The minimum Gasteiger partial charge on any atom is -0.396 e. The maximum Gasteiger partial charge on any atom is 0.276 e. The standard InChI is InChI=1S/C11H17N5O3/c12-11-14-9-8(10(19)15-11)13-4-16(9)7-1-5(2-17)6(7)3-18/h4-7,11,14,17-18H,1-3,12H2,(H,15,19)/t5-,6?,7-,11+/m0/s1. The third kappa shape index (κ3) is 1.79. The number of nitrogens with two attached hydrogens (primary N) is 1. The maximum absolute atomic E-state index is 11.7. The van der Waals surface area contributed by atoms with Crippen LogP contribution in [0.3, 0.4) is 0 Å². The Morgan fingerprint density at radius 1 is 1.42 bits per heavy atom. The molecule has 2 aliphatic rings. The Bertz CT molecular complexity index is 503. The number of aliphatic hydroxyl groups is 2. The number of nitrogens with zero attached hydrogens (tertiary/aromatic N) is 2. The van der Waals surface area contributed by atoms with Gasteiger partial charge in [-0.25, -0.2) is 4.98 Å². The molecule has 1 fully saturated rings. The zero-order valence-corrected chi connectivity index (χ0v) is 10.3. The van der Waals surface area contributed by atoms with Crippen molar-refractivity contribution in [2.75, 3.05) is 18.5 Å². The van der Waals surface area contributed by atoms with Gasteiger partial charge in [0.05, 0.1) is 6.33 Å². The van der Waals surface area contributed by atoms with Gasteiger partial charge in [-0.15, -0.1) is 0 Å². The molecule has 104 valence electrons. The van der Waals surface area contributed by atoms with Gasteiger partial charge in [-0.3, -0.25) is 10.5 Å². The van der Waals surface area contributed by atoms with E-state index in [-0.39, 0.29) is 37.0 Å². The summed E-state index contributed by atoms with van der Waals surface area (Å²) in [5, 5.41) is 24.1. The van der Waals surface area contributed by atoms with E-state index < -0.39 is 6.29 Å². The van der Waals surface area contributed by atoms with E-state index in [1.54, 1.807) is 6.33 Å². The SMILES string of the molecule is N[C@H]1NC(=O)c2ncn([C@H]3C[C@@H](CO)C3CO)c2N1. The van der Waals surface area contributed by atoms with Gasteiger partial charge < -0.3 is 25.4 Å². The van der Waals surface area contributed by atoms with Crippen LogP contribution in [-0.4, -0.2) is 45.2 Å². The lowest BCUT2D eigenvalue weighted by Crippen LogP contribution is -2.52. The predicted octanol–water partition coefficient (Wildman–Crippen LogP) is -1.56. The molecule has 2 heterocycles. The number of nitrogens with one attached hydrogen (secondary N) is 2. The lowest BCUT2D eigenvalue weighted by atomic mass is 9.70. The first kappa shape index (κ1) is 12.4. The molecular weight excluding hydrogens is 250 g/mol. The zero-order valence-electron chi connectivity index (χ0n) is 10.3. The summed E-state index contributed by atoms with van der Waals surface area (Å²) in [5.74, 6) is 0.347. The highest BCUT2D eigenvalue weighted by molar-refractivity contribution is 5.99. The van der Waals surface area contributed by atoms with Crippen LogP contribution in [-0.2, 0) is 0 Å². The molecule has 3 rings (SSSR count). The van der Waals surface area contributed by atoms with Gasteiger partial charge >= 0.3 is 0 Å². The third-order valence-corrected chi connectivity index (χ3v) is 4.03. The van der Waals surface area contributed by atoms with Crippen LogP contribution in [0.1, 0.15) is 23.0 Å². The molecule has 1 aliphatic carbocycles. The summed E-state index contributed by atoms with van der Waals surface area (Å²) in [6.45, 7) is 0.0626. The molecule has 6 N–H and O–H groups in total. The normalized spacial score (nSPS) is 33.1. The van der Waals surface area contributed by atoms with Crippen molar-refractivity contribution in [1.29, 1.82) is 0 Å². The molecule has 1 unspecified atom stereocenters. The number of fused-ring (bicyclic) bond motifs is 1. The van der Waals surface area contributed by atoms with Crippen LogP contribution in [0.4, 0.5) is 5.82 Å². The summed E-state index contributed by atoms with van der Waals surface area (Å²) in [4.78, 5) is 15.8. The Morgan fingerprint density at radius 2 is 2.21 bits per heavy atom. The Morgan fingerprint density at radius 3 is 2.89 bits per heavy atom. The molecule has 4 atom stereocenters. The quantitative estimate of drug-likeness (QED) is 0.451. The van der Waals surface area contributed by atoms with Crippen molar-refractivity contribution in [3.63, 3.8) is 0 Å². The minimum absolute atomic E-state index is 0.00109. The average molecular weight is 267 g/mol. The van der Waals surface area contributed by atoms with Crippen LogP contribution in [0.2, 0.25) is 0 Å². The monoisotopic (exact) mass is 267 g/mol. The summed E-state index contributed by atoms with van der Waals surface area (Å²) in [6.07, 6.45) is 1.69. The van der Waals surface area contributed by atoms with E-state index in [0.29, 0.717) is 11.5 Å². The number of carbonyl (C=O) groups excluding carboxylic acids is 1. The molecule has 1 saturated carbocycles. The average Bonchev–Trinajstić information content (AvgIpc) is 2.73. The first-order chi connectivity index (χ1) is 9.15. The molecule has 0 spiro atoms. The minimum atomic E-state index is -0.642. The fourth-order valence-corrected chi connectivity index (χ4v) is 2.89. The molecule has 0 aromatic carbocycles. The number of rotatable bonds is 3. The van der Waals surface area contributed by atoms with E-state index in [1.807, 2.05) is 4.57 Å². The Balaban J connectivity index is 1.89. The summed E-state index contributed by atoms with van der Waals surface area (Å²) in [6, 6.07) is 0.0315. The highest BCUT2D eigenvalue weighted by Crippen LogP contribution is 2.45. The van der Waals surface area contributed by atoms with Gasteiger partial charge in [-0.05, 0) is 12.3 Å². The van der Waals surface area contributed by atoms with Crippen LogP contribution in [0.25, 0.3) is 0 Å². The third-order valence-electron chi connectivity index (χ3n) is 4.03. The number of aromatic nitrogens is 2. The van der Waals surface area contributed by atoms with Crippen LogP contribution in [0, 0.1) is 11.8 Å². The molecule has 0 radical (unpaired) electrons. The fourth-order valence-electron chi connectivity index (χ4n) is 2.89. The summed E-state index contributed by atoms with van der Waals surface area (Å²) < 4.78 is 1.83. The van der Waals surface area contributed by atoms with Gasteiger partial charge in [0.1, 0.15) is 5.82 Å². The van der Waals surface area contributed by atoms with Gasteiger partial charge in [-0.1, -0.05) is 0 Å². The number of carbonyl (C=O) groups is 1. The van der Waals surface area contributed by atoms with Crippen LogP contribution in [0.5, 0.6) is 0 Å². The number of hydrogen-bond donors (Lipinski definition) is 5. The Kier molecular flexibility index (Phi) is 2.92. The van der Waals surface area contributed by atoms with Crippen molar-refractivity contribution in [2.24, 2.45) is 17.6 Å². The largest absolute Gasteiger partial charge is 0.396 e. The molecule has 0 saturated heterocycles. The highest BCUT2D eigenvalue weighted by Gasteiger charge is 2.43. The number of hydrogen-bond acceptors (Lipinski definition) is 6. The van der Waals surface area contributed by atoms with Gasteiger partial charge in [0.15, 0.2) is 12.0 Å². The van der Waals surface area contributed by atoms with E-state index in [9.17, 15) is 15.0 Å². The van der Waals surface area contributed by atoms with Gasteiger partial charge in [0.25, 0.3) is 5.91 Å². The van der Waals surface area contributed by atoms with Crippen molar-refractivity contribution < 1.29 is 15.0 Å². The van der Waals surface area contributed by atoms with E-state index >= 15 is 0 Å².